The lowest BCUT2D eigenvalue weighted by Gasteiger charge is -2.12. The molecule has 1 aromatic carbocycles. The van der Waals surface area contributed by atoms with Gasteiger partial charge in [0.05, 0.1) is 0 Å². The van der Waals surface area contributed by atoms with Gasteiger partial charge in [-0.05, 0) is 24.6 Å². The van der Waals surface area contributed by atoms with Gasteiger partial charge in [-0.25, -0.2) is 8.78 Å². The third-order valence-electron chi connectivity index (χ3n) is 2.55. The van der Waals surface area contributed by atoms with Crippen molar-refractivity contribution in [3.63, 3.8) is 0 Å². The Kier molecular flexibility index (Phi) is 6.05. The molecule has 0 fully saturated rings. The van der Waals surface area contributed by atoms with Crippen LogP contribution in [0, 0.1) is 0 Å². The second-order valence-corrected chi connectivity index (χ2v) is 4.17. The Morgan fingerprint density at radius 2 is 2.11 bits per heavy atom. The quantitative estimate of drug-likeness (QED) is 0.668. The molecule has 106 valence electrons. The number of anilines is 2. The van der Waals surface area contributed by atoms with E-state index in [-0.39, 0.29) is 17.9 Å². The first-order valence-corrected chi connectivity index (χ1v) is 6.22. The van der Waals surface area contributed by atoms with E-state index in [9.17, 15) is 13.6 Å². The lowest BCUT2D eigenvalue weighted by molar-refractivity contribution is -0.120. The van der Waals surface area contributed by atoms with Crippen LogP contribution in [0.4, 0.5) is 20.2 Å². The zero-order chi connectivity index (χ0) is 14.3. The molecule has 0 spiro atoms. The van der Waals surface area contributed by atoms with Gasteiger partial charge in [0.2, 0.25) is 5.91 Å². The zero-order valence-corrected chi connectivity index (χ0v) is 10.9. The molecule has 19 heavy (non-hydrogen) atoms. The van der Waals surface area contributed by atoms with Crippen molar-refractivity contribution in [3.8, 4) is 0 Å². The summed E-state index contributed by atoms with van der Waals surface area (Å²) < 4.78 is 25.6. The van der Waals surface area contributed by atoms with Gasteiger partial charge < -0.3 is 16.4 Å². The minimum Gasteiger partial charge on any atom is -0.399 e. The average Bonchev–Trinajstić information content (AvgIpc) is 2.37. The van der Waals surface area contributed by atoms with Gasteiger partial charge in [0.25, 0.3) is 6.43 Å². The molecule has 0 aliphatic carbocycles. The first kappa shape index (κ1) is 15.2. The van der Waals surface area contributed by atoms with Gasteiger partial charge in [0.15, 0.2) is 0 Å². The topological polar surface area (TPSA) is 67.2 Å². The van der Waals surface area contributed by atoms with Crippen LogP contribution in [0.2, 0.25) is 0 Å². The Morgan fingerprint density at radius 3 is 2.74 bits per heavy atom. The number of nitrogen functional groups attached to an aromatic ring is 1. The van der Waals surface area contributed by atoms with Crippen molar-refractivity contribution < 1.29 is 13.6 Å². The van der Waals surface area contributed by atoms with Gasteiger partial charge in [-0.15, -0.1) is 0 Å². The molecular formula is C13H19F2N3O. The largest absolute Gasteiger partial charge is 0.399 e. The van der Waals surface area contributed by atoms with Crippen molar-refractivity contribution in [1.29, 1.82) is 0 Å². The molecular weight excluding hydrogens is 252 g/mol. The Bertz CT molecular complexity index is 424. The molecule has 1 amide bonds. The molecule has 4 N–H and O–H groups in total. The van der Waals surface area contributed by atoms with Crippen LogP contribution in [-0.4, -0.2) is 19.0 Å². The highest BCUT2D eigenvalue weighted by atomic mass is 19.3. The summed E-state index contributed by atoms with van der Waals surface area (Å²) in [5, 5.41) is 5.55. The minimum atomic E-state index is -2.60. The van der Waals surface area contributed by atoms with Crippen molar-refractivity contribution in [3.05, 3.63) is 23.8 Å². The SMILES string of the molecule is CCCNC(=O)CCNc1ccc(N)cc1C(F)F. The van der Waals surface area contributed by atoms with E-state index < -0.39 is 6.43 Å². The van der Waals surface area contributed by atoms with Gasteiger partial charge >= 0.3 is 0 Å². The van der Waals surface area contributed by atoms with E-state index in [0.717, 1.165) is 6.42 Å². The number of rotatable bonds is 7. The van der Waals surface area contributed by atoms with Crippen LogP contribution < -0.4 is 16.4 Å². The molecule has 0 atom stereocenters. The second-order valence-electron chi connectivity index (χ2n) is 4.17. The third-order valence-corrected chi connectivity index (χ3v) is 2.55. The molecule has 0 bridgehead atoms. The van der Waals surface area contributed by atoms with E-state index >= 15 is 0 Å². The maximum Gasteiger partial charge on any atom is 0.265 e. The molecule has 0 saturated heterocycles. The summed E-state index contributed by atoms with van der Waals surface area (Å²) >= 11 is 0. The van der Waals surface area contributed by atoms with Crippen LogP contribution in [0.25, 0.3) is 0 Å². The molecule has 0 aliphatic heterocycles. The monoisotopic (exact) mass is 271 g/mol. The van der Waals surface area contributed by atoms with E-state index in [2.05, 4.69) is 10.6 Å². The number of benzene rings is 1. The Morgan fingerprint density at radius 1 is 1.37 bits per heavy atom. The van der Waals surface area contributed by atoms with Crippen molar-refractivity contribution >= 4 is 17.3 Å². The van der Waals surface area contributed by atoms with Gasteiger partial charge in [0, 0.05) is 36.4 Å². The fourth-order valence-corrected chi connectivity index (χ4v) is 1.59. The molecule has 1 rings (SSSR count). The summed E-state index contributed by atoms with van der Waals surface area (Å²) in [6.45, 7) is 2.89. The summed E-state index contributed by atoms with van der Waals surface area (Å²) in [5.74, 6) is -0.0941. The van der Waals surface area contributed by atoms with Crippen LogP contribution in [0.3, 0.4) is 0 Å². The maximum absolute atomic E-state index is 12.8. The lowest BCUT2D eigenvalue weighted by Crippen LogP contribution is -2.26. The highest BCUT2D eigenvalue weighted by molar-refractivity contribution is 5.76. The number of halogens is 2. The third kappa shape index (κ3) is 5.11. The number of hydrogen-bond acceptors (Lipinski definition) is 3. The number of amides is 1. The molecule has 0 aliphatic rings. The van der Waals surface area contributed by atoms with E-state index in [0.29, 0.717) is 24.5 Å². The fourth-order valence-electron chi connectivity index (χ4n) is 1.59. The summed E-state index contributed by atoms with van der Waals surface area (Å²) in [6.07, 6.45) is -1.49. The van der Waals surface area contributed by atoms with Crippen molar-refractivity contribution in [2.24, 2.45) is 0 Å². The highest BCUT2D eigenvalue weighted by Crippen LogP contribution is 2.28. The summed E-state index contributed by atoms with van der Waals surface area (Å²) in [5.41, 5.74) is 5.93. The molecule has 1 aromatic rings. The number of hydrogen-bond donors (Lipinski definition) is 3. The fraction of sp³-hybridized carbons (Fsp3) is 0.462. The maximum atomic E-state index is 12.8. The van der Waals surface area contributed by atoms with E-state index in [1.54, 1.807) is 6.07 Å². The summed E-state index contributed by atoms with van der Waals surface area (Å²) in [6, 6.07) is 4.29. The second kappa shape index (κ2) is 7.56. The number of alkyl halides is 2. The predicted molar refractivity (Wildman–Crippen MR) is 72.2 cm³/mol. The predicted octanol–water partition coefficient (Wildman–Crippen LogP) is 2.53. The van der Waals surface area contributed by atoms with E-state index in [1.165, 1.54) is 12.1 Å². The van der Waals surface area contributed by atoms with Gasteiger partial charge in [0.1, 0.15) is 0 Å². The van der Waals surface area contributed by atoms with Crippen LogP contribution in [0.15, 0.2) is 18.2 Å². The highest BCUT2D eigenvalue weighted by Gasteiger charge is 2.13. The summed E-state index contributed by atoms with van der Waals surface area (Å²) in [7, 11) is 0. The number of nitrogens with one attached hydrogen (secondary N) is 2. The van der Waals surface area contributed by atoms with Crippen LogP contribution in [-0.2, 0) is 4.79 Å². The van der Waals surface area contributed by atoms with Crippen molar-refractivity contribution in [2.45, 2.75) is 26.2 Å². The Balaban J connectivity index is 2.51. The summed E-state index contributed by atoms with van der Waals surface area (Å²) in [4.78, 5) is 11.3. The minimum absolute atomic E-state index is 0.0941. The van der Waals surface area contributed by atoms with E-state index in [1.807, 2.05) is 6.92 Å². The first-order chi connectivity index (χ1) is 9.04. The van der Waals surface area contributed by atoms with Crippen molar-refractivity contribution in [1.82, 2.24) is 5.32 Å². The standard InChI is InChI=1S/C13H19F2N3O/c1-2-6-18-12(19)5-7-17-11-4-3-9(16)8-10(11)13(14)15/h3-4,8,13,17H,2,5-7,16H2,1H3,(H,18,19). The molecule has 0 radical (unpaired) electrons. The zero-order valence-electron chi connectivity index (χ0n) is 10.9. The first-order valence-electron chi connectivity index (χ1n) is 6.22. The van der Waals surface area contributed by atoms with Gasteiger partial charge in [-0.1, -0.05) is 6.92 Å². The smallest absolute Gasteiger partial charge is 0.265 e. The lowest BCUT2D eigenvalue weighted by atomic mass is 10.1. The average molecular weight is 271 g/mol. The molecule has 0 saturated carbocycles. The number of carbonyl (C=O) groups excluding carboxylic acids is 1. The van der Waals surface area contributed by atoms with Crippen LogP contribution >= 0.6 is 0 Å². The van der Waals surface area contributed by atoms with Gasteiger partial charge in [-0.3, -0.25) is 4.79 Å². The molecule has 0 heterocycles. The number of nitrogens with two attached hydrogens (primary N) is 1. The van der Waals surface area contributed by atoms with Gasteiger partial charge in [-0.2, -0.15) is 0 Å². The Hall–Kier alpha value is -1.85. The normalized spacial score (nSPS) is 10.5. The Labute approximate surface area is 111 Å². The molecule has 0 unspecified atom stereocenters. The number of carbonyl (C=O) groups is 1. The van der Waals surface area contributed by atoms with Crippen LogP contribution in [0.5, 0.6) is 0 Å². The molecule has 4 nitrogen and oxygen atoms in total. The molecule has 0 aromatic heterocycles. The van der Waals surface area contributed by atoms with Crippen molar-refractivity contribution in [2.75, 3.05) is 24.1 Å². The van der Waals surface area contributed by atoms with E-state index in [4.69, 9.17) is 5.73 Å². The molecule has 6 heteroatoms. The van der Waals surface area contributed by atoms with Crippen LogP contribution in [0.1, 0.15) is 31.8 Å².